The van der Waals surface area contributed by atoms with Gasteiger partial charge < -0.3 is 25.3 Å². The average Bonchev–Trinajstić information content (AvgIpc) is 2.56. The van der Waals surface area contributed by atoms with Crippen molar-refractivity contribution in [1.29, 1.82) is 0 Å². The van der Waals surface area contributed by atoms with E-state index in [0.29, 0.717) is 19.0 Å². The second-order valence-electron chi connectivity index (χ2n) is 5.15. The highest BCUT2D eigenvalue weighted by molar-refractivity contribution is 5.95. The van der Waals surface area contributed by atoms with Gasteiger partial charge in [0, 0.05) is 25.3 Å². The molecule has 1 aliphatic rings. The minimum Gasteiger partial charge on any atom is -0.493 e. The molecule has 1 aromatic carbocycles. The summed E-state index contributed by atoms with van der Waals surface area (Å²) in [4.78, 5) is 12.2. The van der Waals surface area contributed by atoms with E-state index in [9.17, 15) is 9.18 Å². The maximum atomic E-state index is 14.0. The molecule has 1 aliphatic heterocycles. The van der Waals surface area contributed by atoms with Gasteiger partial charge in [-0.1, -0.05) is 0 Å². The predicted octanol–water partition coefficient (Wildman–Crippen LogP) is 1.96. The van der Waals surface area contributed by atoms with E-state index >= 15 is 0 Å². The third-order valence-corrected chi connectivity index (χ3v) is 3.81. The van der Waals surface area contributed by atoms with Crippen molar-refractivity contribution < 1.29 is 23.4 Å². The minimum absolute atomic E-state index is 0. The number of hydrogen-bond acceptors (Lipinski definition) is 5. The van der Waals surface area contributed by atoms with Crippen LogP contribution in [0.2, 0.25) is 0 Å². The number of anilines is 1. The molecule has 0 aromatic heterocycles. The summed E-state index contributed by atoms with van der Waals surface area (Å²) in [7, 11) is 2.85. The average molecular weight is 349 g/mol. The molecule has 1 atom stereocenters. The normalized spacial score (nSPS) is 16.2. The lowest BCUT2D eigenvalue weighted by Gasteiger charge is -2.26. The molecule has 23 heavy (non-hydrogen) atoms. The van der Waals surface area contributed by atoms with E-state index in [1.807, 2.05) is 0 Å². The summed E-state index contributed by atoms with van der Waals surface area (Å²) in [5, 5.41) is 2.52. The molecule has 1 fully saturated rings. The van der Waals surface area contributed by atoms with E-state index in [-0.39, 0.29) is 29.8 Å². The van der Waals surface area contributed by atoms with Gasteiger partial charge in [0.25, 0.3) is 0 Å². The van der Waals surface area contributed by atoms with Crippen molar-refractivity contribution >= 4 is 24.0 Å². The van der Waals surface area contributed by atoms with Crippen molar-refractivity contribution in [3.63, 3.8) is 0 Å². The summed E-state index contributed by atoms with van der Waals surface area (Å²) in [5.74, 6) is -0.397. The van der Waals surface area contributed by atoms with Crippen molar-refractivity contribution in [2.24, 2.45) is 11.7 Å². The van der Waals surface area contributed by atoms with E-state index in [0.717, 1.165) is 18.9 Å². The number of nitrogens with one attached hydrogen (secondary N) is 1. The maximum Gasteiger partial charge on any atom is 0.241 e. The number of carbonyl (C=O) groups is 1. The van der Waals surface area contributed by atoms with Gasteiger partial charge in [0.2, 0.25) is 5.91 Å². The summed E-state index contributed by atoms with van der Waals surface area (Å²) in [6.45, 7) is 1.19. The topological polar surface area (TPSA) is 82.8 Å². The number of methoxy groups -OCH3 is 2. The summed E-state index contributed by atoms with van der Waals surface area (Å²) in [6, 6.07) is 1.84. The Kier molecular flexibility index (Phi) is 7.54. The number of rotatable bonds is 5. The molecule has 0 saturated carbocycles. The van der Waals surface area contributed by atoms with Crippen LogP contribution in [0.25, 0.3) is 0 Å². The van der Waals surface area contributed by atoms with Crippen LogP contribution in [0.15, 0.2) is 12.1 Å². The highest BCUT2D eigenvalue weighted by Gasteiger charge is 2.27. The Morgan fingerprint density at radius 2 is 1.87 bits per heavy atom. The zero-order chi connectivity index (χ0) is 16.1. The second-order valence-corrected chi connectivity index (χ2v) is 5.15. The summed E-state index contributed by atoms with van der Waals surface area (Å²) in [5.41, 5.74) is 5.99. The van der Waals surface area contributed by atoms with Gasteiger partial charge in [0.05, 0.1) is 25.9 Å². The smallest absolute Gasteiger partial charge is 0.241 e. The molecule has 6 nitrogen and oxygen atoms in total. The fraction of sp³-hybridized carbons (Fsp3) is 0.533. The molecule has 8 heteroatoms. The zero-order valence-electron chi connectivity index (χ0n) is 13.1. The first-order valence-corrected chi connectivity index (χ1v) is 7.12. The highest BCUT2D eigenvalue weighted by Crippen LogP contribution is 2.32. The van der Waals surface area contributed by atoms with Gasteiger partial charge in [-0.25, -0.2) is 4.39 Å². The van der Waals surface area contributed by atoms with E-state index in [2.05, 4.69) is 5.32 Å². The van der Waals surface area contributed by atoms with Gasteiger partial charge in [-0.2, -0.15) is 0 Å². The van der Waals surface area contributed by atoms with E-state index in [1.165, 1.54) is 20.3 Å². The van der Waals surface area contributed by atoms with Crippen molar-refractivity contribution in [2.45, 2.75) is 18.9 Å². The van der Waals surface area contributed by atoms with Crippen LogP contribution in [0.5, 0.6) is 11.5 Å². The zero-order valence-corrected chi connectivity index (χ0v) is 14.0. The van der Waals surface area contributed by atoms with E-state index in [1.54, 1.807) is 0 Å². The van der Waals surface area contributed by atoms with Gasteiger partial charge in [-0.05, 0) is 18.8 Å². The first-order chi connectivity index (χ1) is 10.6. The Balaban J connectivity index is 0.00000264. The molecular weight excluding hydrogens is 327 g/mol. The monoisotopic (exact) mass is 348 g/mol. The maximum absolute atomic E-state index is 14.0. The van der Waals surface area contributed by atoms with Gasteiger partial charge >= 0.3 is 0 Å². The standard InChI is InChI=1S/C15H21FN2O4.ClH/c1-20-12-7-10(16)11(8-13(12)21-2)18-15(19)14(17)9-3-5-22-6-4-9;/h7-9,14H,3-6,17H2,1-2H3,(H,18,19);1H. The van der Waals surface area contributed by atoms with Gasteiger partial charge in [-0.3, -0.25) is 4.79 Å². The fourth-order valence-corrected chi connectivity index (χ4v) is 2.46. The fourth-order valence-electron chi connectivity index (χ4n) is 2.46. The van der Waals surface area contributed by atoms with Gasteiger partial charge in [0.1, 0.15) is 0 Å². The Morgan fingerprint density at radius 3 is 2.43 bits per heavy atom. The van der Waals surface area contributed by atoms with Crippen LogP contribution in [0.4, 0.5) is 10.1 Å². The van der Waals surface area contributed by atoms with Crippen molar-refractivity contribution in [2.75, 3.05) is 32.8 Å². The predicted molar refractivity (Wildman–Crippen MR) is 86.9 cm³/mol. The van der Waals surface area contributed by atoms with Crippen LogP contribution in [-0.4, -0.2) is 39.4 Å². The second kappa shape index (κ2) is 8.90. The molecule has 1 unspecified atom stereocenters. The molecule has 2 rings (SSSR count). The number of nitrogens with two attached hydrogens (primary N) is 1. The van der Waals surface area contributed by atoms with Crippen LogP contribution >= 0.6 is 12.4 Å². The lowest BCUT2D eigenvalue weighted by Crippen LogP contribution is -2.44. The molecule has 1 aromatic rings. The first kappa shape index (κ1) is 19.5. The molecule has 1 heterocycles. The quantitative estimate of drug-likeness (QED) is 0.850. The molecule has 1 amide bonds. The van der Waals surface area contributed by atoms with Crippen LogP contribution in [0.1, 0.15) is 12.8 Å². The molecule has 3 N–H and O–H groups in total. The largest absolute Gasteiger partial charge is 0.493 e. The molecule has 0 spiro atoms. The number of benzene rings is 1. The Labute approximate surface area is 140 Å². The van der Waals surface area contributed by atoms with E-state index in [4.69, 9.17) is 19.9 Å². The Morgan fingerprint density at radius 1 is 1.30 bits per heavy atom. The van der Waals surface area contributed by atoms with Crippen LogP contribution in [0, 0.1) is 11.7 Å². The molecular formula is C15H22ClFN2O4. The van der Waals surface area contributed by atoms with Gasteiger partial charge in [-0.15, -0.1) is 12.4 Å². The molecule has 0 radical (unpaired) electrons. The lowest BCUT2D eigenvalue weighted by molar-refractivity contribution is -0.119. The Hall–Kier alpha value is -1.57. The summed E-state index contributed by atoms with van der Waals surface area (Å²) < 4.78 is 29.4. The van der Waals surface area contributed by atoms with Crippen molar-refractivity contribution in [3.05, 3.63) is 17.9 Å². The molecule has 0 bridgehead atoms. The number of carbonyl (C=O) groups excluding carboxylic acids is 1. The minimum atomic E-state index is -0.698. The number of amides is 1. The highest BCUT2D eigenvalue weighted by atomic mass is 35.5. The van der Waals surface area contributed by atoms with Crippen LogP contribution in [0.3, 0.4) is 0 Å². The summed E-state index contributed by atoms with van der Waals surface area (Å²) in [6.07, 6.45) is 1.45. The van der Waals surface area contributed by atoms with Crippen molar-refractivity contribution in [1.82, 2.24) is 0 Å². The van der Waals surface area contributed by atoms with Gasteiger partial charge in [0.15, 0.2) is 17.3 Å². The van der Waals surface area contributed by atoms with E-state index < -0.39 is 17.8 Å². The number of ether oxygens (including phenoxy) is 3. The summed E-state index contributed by atoms with van der Waals surface area (Å²) >= 11 is 0. The molecule has 130 valence electrons. The number of hydrogen-bond donors (Lipinski definition) is 2. The Bertz CT molecular complexity index is 538. The van der Waals surface area contributed by atoms with Crippen LogP contribution < -0.4 is 20.5 Å². The molecule has 0 aliphatic carbocycles. The third-order valence-electron chi connectivity index (χ3n) is 3.81. The third kappa shape index (κ3) is 4.70. The molecule has 1 saturated heterocycles. The van der Waals surface area contributed by atoms with Crippen LogP contribution in [-0.2, 0) is 9.53 Å². The number of halogens is 2. The first-order valence-electron chi connectivity index (χ1n) is 7.12. The van der Waals surface area contributed by atoms with Crippen molar-refractivity contribution in [3.8, 4) is 11.5 Å². The lowest BCUT2D eigenvalue weighted by atomic mass is 9.92. The SMILES string of the molecule is COc1cc(F)c(NC(=O)C(N)C2CCOCC2)cc1OC.Cl.